The van der Waals surface area contributed by atoms with Gasteiger partial charge in [-0.05, 0) is 51.4 Å². The number of carbonyl (C=O) groups excluding carboxylic acids is 3. The number of esters is 3. The third-order valence-corrected chi connectivity index (χ3v) is 12.0. The smallest absolute Gasteiger partial charge is 0.306 e. The van der Waals surface area contributed by atoms with Gasteiger partial charge in [-0.25, -0.2) is 0 Å². The molecule has 0 aromatic rings. The summed E-state index contributed by atoms with van der Waals surface area (Å²) in [5, 5.41) is 0. The van der Waals surface area contributed by atoms with Crippen LogP contribution < -0.4 is 0 Å². The molecule has 0 spiro atoms. The quantitative estimate of drug-likeness (QED) is 0.0262. The van der Waals surface area contributed by atoms with Crippen LogP contribution in [0.3, 0.4) is 0 Å². The molecule has 1 atom stereocenters. The van der Waals surface area contributed by atoms with E-state index in [0.29, 0.717) is 19.3 Å². The molecule has 0 bridgehead atoms. The second-order valence-corrected chi connectivity index (χ2v) is 18.2. The molecule has 0 aliphatic carbocycles. The van der Waals surface area contributed by atoms with Gasteiger partial charge < -0.3 is 14.2 Å². The minimum Gasteiger partial charge on any atom is -0.462 e. The molecule has 0 aliphatic rings. The first-order chi connectivity index (χ1) is 30.0. The summed E-state index contributed by atoms with van der Waals surface area (Å²) in [6.07, 6.45) is 57.2. The molecule has 0 unspecified atom stereocenters. The van der Waals surface area contributed by atoms with E-state index in [4.69, 9.17) is 14.2 Å². The highest BCUT2D eigenvalue weighted by Crippen LogP contribution is 2.16. The van der Waals surface area contributed by atoms with Crippen molar-refractivity contribution in [1.29, 1.82) is 0 Å². The van der Waals surface area contributed by atoms with Crippen molar-refractivity contribution < 1.29 is 28.6 Å². The van der Waals surface area contributed by atoms with Crippen molar-refractivity contribution in [3.05, 3.63) is 24.3 Å². The maximum Gasteiger partial charge on any atom is 0.306 e. The molecule has 0 N–H and O–H groups in total. The molecule has 6 heteroatoms. The SMILES string of the molecule is CCCCC/C=C\C/C=C\CCCCCCCCCC(=O)OC[C@@H](COC(=O)CCCCCCCCCCCCCCC)OC(=O)CCCCCCCCCCCCCCC. The summed E-state index contributed by atoms with van der Waals surface area (Å²) >= 11 is 0. The lowest BCUT2D eigenvalue weighted by Crippen LogP contribution is -2.30. The van der Waals surface area contributed by atoms with Crippen LogP contribution in [0.5, 0.6) is 0 Å². The topological polar surface area (TPSA) is 78.9 Å². The number of carbonyl (C=O) groups is 3. The average molecular weight is 859 g/mol. The molecule has 6 nitrogen and oxygen atoms in total. The number of allylic oxidation sites excluding steroid dienone is 4. The Balaban J connectivity index is 4.33. The van der Waals surface area contributed by atoms with Crippen molar-refractivity contribution in [2.75, 3.05) is 13.2 Å². The summed E-state index contributed by atoms with van der Waals surface area (Å²) in [7, 11) is 0. The predicted octanol–water partition coefficient (Wildman–Crippen LogP) is 17.5. The molecule has 0 saturated carbocycles. The average Bonchev–Trinajstić information content (AvgIpc) is 3.26. The third-order valence-electron chi connectivity index (χ3n) is 12.0. The fraction of sp³-hybridized carbons (Fsp3) is 0.873. The van der Waals surface area contributed by atoms with E-state index in [9.17, 15) is 14.4 Å². The number of ether oxygens (including phenoxy) is 3. The van der Waals surface area contributed by atoms with E-state index in [-0.39, 0.29) is 31.1 Å². The van der Waals surface area contributed by atoms with Crippen LogP contribution in [0, 0.1) is 0 Å². The maximum atomic E-state index is 12.8. The highest BCUT2D eigenvalue weighted by molar-refractivity contribution is 5.71. The Labute approximate surface area is 379 Å². The summed E-state index contributed by atoms with van der Waals surface area (Å²) < 4.78 is 16.8. The molecule has 0 aromatic heterocycles. The van der Waals surface area contributed by atoms with Crippen LogP contribution >= 0.6 is 0 Å². The summed E-state index contributed by atoms with van der Waals surface area (Å²) in [6.45, 7) is 6.64. The van der Waals surface area contributed by atoms with Gasteiger partial charge in [-0.3, -0.25) is 14.4 Å². The molecular weight excluding hydrogens is 757 g/mol. The molecule has 0 rings (SSSR count). The second-order valence-electron chi connectivity index (χ2n) is 18.2. The van der Waals surface area contributed by atoms with Gasteiger partial charge in [0.05, 0.1) is 0 Å². The van der Waals surface area contributed by atoms with Gasteiger partial charge >= 0.3 is 17.9 Å². The van der Waals surface area contributed by atoms with Crippen LogP contribution in [0.1, 0.15) is 290 Å². The van der Waals surface area contributed by atoms with Crippen LogP contribution in [0.15, 0.2) is 24.3 Å². The minimum absolute atomic E-state index is 0.0686. The van der Waals surface area contributed by atoms with Crippen LogP contribution in [0.25, 0.3) is 0 Å². The van der Waals surface area contributed by atoms with Crippen molar-refractivity contribution in [1.82, 2.24) is 0 Å². The highest BCUT2D eigenvalue weighted by Gasteiger charge is 2.19. The second kappa shape index (κ2) is 50.5. The van der Waals surface area contributed by atoms with Gasteiger partial charge in [0.15, 0.2) is 6.10 Å². The fourth-order valence-electron chi connectivity index (χ4n) is 7.89. The minimum atomic E-state index is -0.768. The van der Waals surface area contributed by atoms with Gasteiger partial charge in [-0.15, -0.1) is 0 Å². The van der Waals surface area contributed by atoms with Gasteiger partial charge in [0, 0.05) is 19.3 Å². The van der Waals surface area contributed by atoms with E-state index in [1.165, 1.54) is 180 Å². The lowest BCUT2D eigenvalue weighted by molar-refractivity contribution is -0.167. The van der Waals surface area contributed by atoms with Gasteiger partial charge in [0.25, 0.3) is 0 Å². The Morgan fingerprint density at radius 2 is 0.590 bits per heavy atom. The summed E-state index contributed by atoms with van der Waals surface area (Å²) in [5.41, 5.74) is 0. The van der Waals surface area contributed by atoms with Crippen molar-refractivity contribution in [3.8, 4) is 0 Å². The first kappa shape index (κ1) is 58.9. The Hall–Kier alpha value is -2.11. The Kier molecular flexibility index (Phi) is 48.8. The van der Waals surface area contributed by atoms with Gasteiger partial charge in [0.2, 0.25) is 0 Å². The van der Waals surface area contributed by atoms with E-state index in [0.717, 1.165) is 70.6 Å². The van der Waals surface area contributed by atoms with Gasteiger partial charge in [-0.1, -0.05) is 244 Å². The van der Waals surface area contributed by atoms with E-state index < -0.39 is 6.10 Å². The molecule has 0 aromatic carbocycles. The monoisotopic (exact) mass is 859 g/mol. The van der Waals surface area contributed by atoms with Crippen LogP contribution in [0.2, 0.25) is 0 Å². The zero-order valence-electron chi connectivity index (χ0n) is 40.9. The normalized spacial score (nSPS) is 12.1. The molecule has 0 amide bonds. The Bertz CT molecular complexity index is 989. The zero-order valence-corrected chi connectivity index (χ0v) is 40.9. The lowest BCUT2D eigenvalue weighted by atomic mass is 10.0. The summed E-state index contributed by atoms with van der Waals surface area (Å²) in [6, 6.07) is 0. The van der Waals surface area contributed by atoms with Crippen LogP contribution in [0.4, 0.5) is 0 Å². The molecule has 0 saturated heterocycles. The van der Waals surface area contributed by atoms with E-state index in [2.05, 4.69) is 45.1 Å². The van der Waals surface area contributed by atoms with Crippen molar-refractivity contribution in [2.24, 2.45) is 0 Å². The predicted molar refractivity (Wildman–Crippen MR) is 261 cm³/mol. The molecule has 358 valence electrons. The largest absolute Gasteiger partial charge is 0.462 e. The van der Waals surface area contributed by atoms with Crippen LogP contribution in [-0.4, -0.2) is 37.2 Å². The van der Waals surface area contributed by atoms with Gasteiger partial charge in [-0.2, -0.15) is 0 Å². The number of hydrogen-bond donors (Lipinski definition) is 0. The van der Waals surface area contributed by atoms with Crippen molar-refractivity contribution in [3.63, 3.8) is 0 Å². The number of unbranched alkanes of at least 4 members (excludes halogenated alkanes) is 34. The fourth-order valence-corrected chi connectivity index (χ4v) is 7.89. The molecule has 0 fully saturated rings. The maximum absolute atomic E-state index is 12.8. The summed E-state index contributed by atoms with van der Waals surface area (Å²) in [4.78, 5) is 38.0. The first-order valence-corrected chi connectivity index (χ1v) is 26.8. The zero-order chi connectivity index (χ0) is 44.4. The lowest BCUT2D eigenvalue weighted by Gasteiger charge is -2.18. The number of rotatable bonds is 49. The van der Waals surface area contributed by atoms with E-state index in [1.54, 1.807) is 0 Å². The standard InChI is InChI=1S/C55H102O6/c1-4-7-10-13-16-19-22-25-26-27-28-31-33-36-39-42-45-48-54(57)60-51-52(61-55(58)49-46-43-40-37-34-30-24-21-18-15-12-9-6-3)50-59-53(56)47-44-41-38-35-32-29-23-20-17-14-11-8-5-2/h16,19,25-26,52H,4-15,17-18,20-24,27-51H2,1-3H3/b19-16-,26-25-/t52-/m1/s1. The molecule has 0 heterocycles. The molecule has 61 heavy (non-hydrogen) atoms. The van der Waals surface area contributed by atoms with E-state index in [1.807, 2.05) is 0 Å². The third kappa shape index (κ3) is 48.8. The summed E-state index contributed by atoms with van der Waals surface area (Å²) in [5.74, 6) is -0.860. The molecule has 0 radical (unpaired) electrons. The molecular formula is C55H102O6. The Morgan fingerprint density at radius 3 is 0.934 bits per heavy atom. The van der Waals surface area contributed by atoms with Crippen LogP contribution in [-0.2, 0) is 28.6 Å². The first-order valence-electron chi connectivity index (χ1n) is 26.8. The molecule has 0 aliphatic heterocycles. The van der Waals surface area contributed by atoms with Gasteiger partial charge in [0.1, 0.15) is 13.2 Å². The van der Waals surface area contributed by atoms with Crippen molar-refractivity contribution in [2.45, 2.75) is 297 Å². The number of hydrogen-bond acceptors (Lipinski definition) is 6. The Morgan fingerprint density at radius 1 is 0.328 bits per heavy atom. The van der Waals surface area contributed by atoms with Crippen molar-refractivity contribution >= 4 is 17.9 Å². The van der Waals surface area contributed by atoms with E-state index >= 15 is 0 Å². The highest BCUT2D eigenvalue weighted by atomic mass is 16.6.